The molecule has 21 heavy (non-hydrogen) atoms. The van der Waals surface area contributed by atoms with Crippen LogP contribution in [-0.2, 0) is 6.42 Å². The zero-order chi connectivity index (χ0) is 14.2. The van der Waals surface area contributed by atoms with Crippen LogP contribution in [0, 0.1) is 6.92 Å². The largest absolute Gasteiger partial charge is 0.385 e. The van der Waals surface area contributed by atoms with Gasteiger partial charge in [0.15, 0.2) is 5.65 Å². The fourth-order valence-corrected chi connectivity index (χ4v) is 2.85. The average molecular weight is 279 g/mol. The van der Waals surface area contributed by atoms with E-state index < -0.39 is 0 Å². The molecule has 3 aromatic rings. The molecule has 1 aliphatic heterocycles. The van der Waals surface area contributed by atoms with Crippen LogP contribution in [0.2, 0.25) is 0 Å². The summed E-state index contributed by atoms with van der Waals surface area (Å²) >= 11 is 0. The summed E-state index contributed by atoms with van der Waals surface area (Å²) in [6.45, 7) is 3.13. The van der Waals surface area contributed by atoms with Crippen LogP contribution in [-0.4, -0.2) is 21.1 Å². The van der Waals surface area contributed by atoms with E-state index in [1.807, 2.05) is 10.6 Å². The number of fused-ring (bicyclic) bond motifs is 2. The average Bonchev–Trinajstić information content (AvgIpc) is 2.95. The number of aromatic nitrogens is 3. The Bertz CT molecular complexity index is 806. The van der Waals surface area contributed by atoms with Crippen molar-refractivity contribution < 1.29 is 0 Å². The molecule has 0 saturated heterocycles. The van der Waals surface area contributed by atoms with E-state index >= 15 is 0 Å². The van der Waals surface area contributed by atoms with Crippen LogP contribution >= 0.6 is 0 Å². The van der Waals surface area contributed by atoms with Gasteiger partial charge in [-0.2, -0.15) is 9.61 Å². The van der Waals surface area contributed by atoms with Gasteiger partial charge >= 0.3 is 0 Å². The molecule has 1 aliphatic rings. The SMILES string of the molecule is Cc1cc(Nc2ccc3c(c2)CCCN3)n2ncnc2c1. The Morgan fingerprint density at radius 3 is 3.14 bits per heavy atom. The van der Waals surface area contributed by atoms with E-state index in [0.29, 0.717) is 0 Å². The molecule has 0 amide bonds. The van der Waals surface area contributed by atoms with Gasteiger partial charge in [0.25, 0.3) is 0 Å². The van der Waals surface area contributed by atoms with E-state index in [0.717, 1.165) is 35.7 Å². The summed E-state index contributed by atoms with van der Waals surface area (Å²) in [4.78, 5) is 4.25. The van der Waals surface area contributed by atoms with E-state index in [-0.39, 0.29) is 0 Å². The summed E-state index contributed by atoms with van der Waals surface area (Å²) in [6.07, 6.45) is 3.90. The highest BCUT2D eigenvalue weighted by Gasteiger charge is 2.10. The van der Waals surface area contributed by atoms with Crippen molar-refractivity contribution in [3.63, 3.8) is 0 Å². The monoisotopic (exact) mass is 279 g/mol. The maximum Gasteiger partial charge on any atom is 0.157 e. The Hall–Kier alpha value is -2.56. The lowest BCUT2D eigenvalue weighted by molar-refractivity contribution is 0.830. The molecule has 1 aromatic carbocycles. The first kappa shape index (κ1) is 12.2. The van der Waals surface area contributed by atoms with Gasteiger partial charge in [0.05, 0.1) is 0 Å². The molecule has 0 aliphatic carbocycles. The van der Waals surface area contributed by atoms with Crippen molar-refractivity contribution in [1.82, 2.24) is 14.6 Å². The Morgan fingerprint density at radius 1 is 1.24 bits per heavy atom. The first-order valence-electron chi connectivity index (χ1n) is 7.24. The van der Waals surface area contributed by atoms with Gasteiger partial charge < -0.3 is 10.6 Å². The van der Waals surface area contributed by atoms with Gasteiger partial charge in [0.2, 0.25) is 0 Å². The van der Waals surface area contributed by atoms with E-state index in [1.165, 1.54) is 17.7 Å². The Morgan fingerprint density at radius 2 is 2.19 bits per heavy atom. The summed E-state index contributed by atoms with van der Waals surface area (Å²) in [5.74, 6) is 0.936. The summed E-state index contributed by atoms with van der Waals surface area (Å²) in [7, 11) is 0. The van der Waals surface area contributed by atoms with E-state index in [2.05, 4.69) is 51.9 Å². The Balaban J connectivity index is 1.72. The number of hydrogen-bond acceptors (Lipinski definition) is 4. The number of rotatable bonds is 2. The molecule has 0 radical (unpaired) electrons. The lowest BCUT2D eigenvalue weighted by Gasteiger charge is -2.19. The van der Waals surface area contributed by atoms with E-state index in [9.17, 15) is 0 Å². The standard InChI is InChI=1S/C16H17N5/c1-11-7-15-18-10-19-21(15)16(8-11)20-13-4-5-14-12(9-13)3-2-6-17-14/h4-5,7-10,17,20H,2-3,6H2,1H3. The summed E-state index contributed by atoms with van der Waals surface area (Å²) in [5, 5.41) is 11.2. The fourth-order valence-electron chi connectivity index (χ4n) is 2.85. The van der Waals surface area contributed by atoms with Crippen LogP contribution in [0.25, 0.3) is 5.65 Å². The number of pyridine rings is 1. The molecule has 0 atom stereocenters. The predicted molar refractivity (Wildman–Crippen MR) is 84.3 cm³/mol. The highest BCUT2D eigenvalue weighted by atomic mass is 15.3. The maximum atomic E-state index is 4.27. The molecule has 2 N–H and O–H groups in total. The minimum absolute atomic E-state index is 0.858. The molecule has 5 nitrogen and oxygen atoms in total. The smallest absolute Gasteiger partial charge is 0.157 e. The molecule has 0 fully saturated rings. The van der Waals surface area contributed by atoms with E-state index in [1.54, 1.807) is 6.33 Å². The van der Waals surface area contributed by atoms with Crippen LogP contribution < -0.4 is 10.6 Å². The fraction of sp³-hybridized carbons (Fsp3) is 0.250. The minimum atomic E-state index is 0.858. The molecular formula is C16H17N5. The molecule has 5 heteroatoms. The van der Waals surface area contributed by atoms with Crippen LogP contribution in [0.3, 0.4) is 0 Å². The molecule has 0 saturated carbocycles. The molecule has 0 bridgehead atoms. The second kappa shape index (κ2) is 4.77. The molecule has 2 aromatic heterocycles. The van der Waals surface area contributed by atoms with Gasteiger partial charge in [-0.3, -0.25) is 0 Å². The predicted octanol–water partition coefficient (Wildman–Crippen LogP) is 3.14. The van der Waals surface area contributed by atoms with Gasteiger partial charge in [-0.25, -0.2) is 4.98 Å². The number of aryl methyl sites for hydroxylation is 2. The molecular weight excluding hydrogens is 262 g/mol. The Labute approximate surface area is 123 Å². The number of benzene rings is 1. The van der Waals surface area contributed by atoms with Crippen molar-refractivity contribution >= 4 is 22.8 Å². The van der Waals surface area contributed by atoms with Crippen molar-refractivity contribution in [3.05, 3.63) is 47.8 Å². The van der Waals surface area contributed by atoms with Gasteiger partial charge in [-0.05, 0) is 61.2 Å². The minimum Gasteiger partial charge on any atom is -0.385 e. The lowest BCUT2D eigenvalue weighted by atomic mass is 10.0. The Kier molecular flexibility index (Phi) is 2.77. The van der Waals surface area contributed by atoms with Crippen LogP contribution in [0.4, 0.5) is 17.2 Å². The van der Waals surface area contributed by atoms with Crippen molar-refractivity contribution in [2.45, 2.75) is 19.8 Å². The lowest BCUT2D eigenvalue weighted by Crippen LogP contribution is -2.11. The van der Waals surface area contributed by atoms with Crippen molar-refractivity contribution in [2.75, 3.05) is 17.2 Å². The molecule has 4 rings (SSSR count). The molecule has 0 unspecified atom stereocenters. The van der Waals surface area contributed by atoms with Crippen LogP contribution in [0.1, 0.15) is 17.5 Å². The second-order valence-corrected chi connectivity index (χ2v) is 5.48. The zero-order valence-corrected chi connectivity index (χ0v) is 11.9. The van der Waals surface area contributed by atoms with Crippen molar-refractivity contribution in [1.29, 1.82) is 0 Å². The summed E-state index contributed by atoms with van der Waals surface area (Å²) in [5.41, 5.74) is 5.73. The van der Waals surface area contributed by atoms with Gasteiger partial charge in [0, 0.05) is 17.9 Å². The van der Waals surface area contributed by atoms with Crippen LogP contribution in [0.15, 0.2) is 36.7 Å². The third-order valence-electron chi connectivity index (χ3n) is 3.84. The van der Waals surface area contributed by atoms with Gasteiger partial charge in [-0.15, -0.1) is 0 Å². The number of nitrogens with zero attached hydrogens (tertiary/aromatic N) is 3. The number of anilines is 3. The third-order valence-corrected chi connectivity index (χ3v) is 3.84. The number of hydrogen-bond donors (Lipinski definition) is 2. The first-order valence-corrected chi connectivity index (χ1v) is 7.24. The van der Waals surface area contributed by atoms with Crippen molar-refractivity contribution in [2.24, 2.45) is 0 Å². The van der Waals surface area contributed by atoms with Gasteiger partial charge in [-0.1, -0.05) is 0 Å². The topological polar surface area (TPSA) is 54.2 Å². The molecule has 3 heterocycles. The van der Waals surface area contributed by atoms with Gasteiger partial charge in [0.1, 0.15) is 12.1 Å². The van der Waals surface area contributed by atoms with E-state index in [4.69, 9.17) is 0 Å². The second-order valence-electron chi connectivity index (χ2n) is 5.48. The van der Waals surface area contributed by atoms with Crippen LogP contribution in [0.5, 0.6) is 0 Å². The normalized spacial score (nSPS) is 13.8. The zero-order valence-electron chi connectivity index (χ0n) is 11.9. The maximum absolute atomic E-state index is 4.27. The first-order chi connectivity index (χ1) is 10.3. The third kappa shape index (κ3) is 2.20. The summed E-state index contributed by atoms with van der Waals surface area (Å²) in [6, 6.07) is 10.6. The summed E-state index contributed by atoms with van der Waals surface area (Å²) < 4.78 is 1.82. The van der Waals surface area contributed by atoms with Crippen molar-refractivity contribution in [3.8, 4) is 0 Å². The molecule has 106 valence electrons. The number of nitrogens with one attached hydrogen (secondary N) is 2. The highest BCUT2D eigenvalue weighted by Crippen LogP contribution is 2.27. The molecule has 0 spiro atoms. The quantitative estimate of drug-likeness (QED) is 0.756. The highest BCUT2D eigenvalue weighted by molar-refractivity contribution is 5.66.